The number of benzene rings is 2. The first-order valence-electron chi connectivity index (χ1n) is 12.0. The van der Waals surface area contributed by atoms with Gasteiger partial charge in [-0.3, -0.25) is 14.7 Å². The van der Waals surface area contributed by atoms with E-state index in [2.05, 4.69) is 26.6 Å². The molecule has 0 saturated carbocycles. The predicted octanol–water partition coefficient (Wildman–Crippen LogP) is 3.17. The fourth-order valence-electron chi connectivity index (χ4n) is 4.66. The lowest BCUT2D eigenvalue weighted by atomic mass is 10.0. The van der Waals surface area contributed by atoms with Crippen molar-refractivity contribution in [1.29, 1.82) is 0 Å². The van der Waals surface area contributed by atoms with E-state index < -0.39 is 0 Å². The van der Waals surface area contributed by atoms with Crippen molar-refractivity contribution in [2.24, 2.45) is 4.99 Å². The van der Waals surface area contributed by atoms with Crippen molar-refractivity contribution in [2.45, 2.75) is 6.04 Å². The Balaban J connectivity index is 1.30. The lowest BCUT2D eigenvalue weighted by Gasteiger charge is -2.27. The third kappa shape index (κ3) is 5.02. The summed E-state index contributed by atoms with van der Waals surface area (Å²) < 4.78 is 16.2. The number of aliphatic imine (C=N–C) groups is 1. The van der Waals surface area contributed by atoms with Crippen molar-refractivity contribution in [3.8, 4) is 17.2 Å². The highest BCUT2D eigenvalue weighted by Crippen LogP contribution is 2.40. The number of nitrogens with zero attached hydrogens (tertiary/aromatic N) is 3. The summed E-state index contributed by atoms with van der Waals surface area (Å²) in [4.78, 5) is 24.2. The molecule has 0 spiro atoms. The molecule has 9 nitrogen and oxygen atoms in total. The maximum atomic E-state index is 13.2. The molecule has 3 heterocycles. The number of hydrogen-bond donors (Lipinski definition) is 2. The molecule has 1 fully saturated rings. The number of rotatable bonds is 8. The average molecular weight is 510 g/mol. The second-order valence-corrected chi connectivity index (χ2v) is 9.85. The molecule has 36 heavy (non-hydrogen) atoms. The van der Waals surface area contributed by atoms with Gasteiger partial charge in [-0.25, -0.2) is 0 Å². The predicted molar refractivity (Wildman–Crippen MR) is 142 cm³/mol. The van der Waals surface area contributed by atoms with Crippen LogP contribution < -0.4 is 24.8 Å². The van der Waals surface area contributed by atoms with E-state index in [0.29, 0.717) is 22.8 Å². The molecular formula is C26H31N5O4S. The van der Waals surface area contributed by atoms with Crippen molar-refractivity contribution < 1.29 is 19.0 Å². The topological polar surface area (TPSA) is 87.7 Å². The fourth-order valence-corrected chi connectivity index (χ4v) is 5.75. The number of carbonyl (C=O) groups is 1. The van der Waals surface area contributed by atoms with E-state index >= 15 is 0 Å². The fraction of sp³-hybridized carbons (Fsp3) is 0.385. The van der Waals surface area contributed by atoms with Crippen molar-refractivity contribution in [3.05, 3.63) is 58.6 Å². The van der Waals surface area contributed by atoms with Gasteiger partial charge in [0.25, 0.3) is 5.91 Å². The molecular weight excluding hydrogens is 478 g/mol. The maximum absolute atomic E-state index is 13.2. The molecule has 1 saturated heterocycles. The van der Waals surface area contributed by atoms with Gasteiger partial charge in [0.05, 0.1) is 33.9 Å². The van der Waals surface area contributed by atoms with Crippen LogP contribution in [-0.4, -0.2) is 81.5 Å². The van der Waals surface area contributed by atoms with Crippen LogP contribution in [0.15, 0.2) is 52.5 Å². The first kappa shape index (κ1) is 24.5. The van der Waals surface area contributed by atoms with Gasteiger partial charge in [0, 0.05) is 60.6 Å². The van der Waals surface area contributed by atoms with Gasteiger partial charge in [-0.1, -0.05) is 30.0 Å². The van der Waals surface area contributed by atoms with E-state index in [1.165, 1.54) is 26.2 Å². The largest absolute Gasteiger partial charge is 0.493 e. The first-order valence-corrected chi connectivity index (χ1v) is 12.8. The monoisotopic (exact) mass is 509 g/mol. The van der Waals surface area contributed by atoms with Crippen LogP contribution in [0.25, 0.3) is 0 Å². The minimum absolute atomic E-state index is 0.0547. The summed E-state index contributed by atoms with van der Waals surface area (Å²) in [5.41, 5.74) is 2.13. The van der Waals surface area contributed by atoms with Gasteiger partial charge in [-0.05, 0) is 18.2 Å². The Hall–Kier alpha value is -3.21. The number of piperazine rings is 1. The summed E-state index contributed by atoms with van der Waals surface area (Å²) in [5, 5.41) is 7.48. The van der Waals surface area contributed by atoms with Gasteiger partial charge in [0.2, 0.25) is 5.75 Å². The van der Waals surface area contributed by atoms with Gasteiger partial charge in [-0.15, -0.1) is 0 Å². The molecule has 5 rings (SSSR count). The van der Waals surface area contributed by atoms with Crippen LogP contribution in [-0.2, 0) is 0 Å². The van der Waals surface area contributed by atoms with Crippen molar-refractivity contribution in [1.82, 2.24) is 15.1 Å². The van der Waals surface area contributed by atoms with Crippen molar-refractivity contribution >= 4 is 28.5 Å². The molecule has 2 aromatic carbocycles. The number of fused-ring (bicyclic) bond motifs is 1. The highest BCUT2D eigenvalue weighted by molar-refractivity contribution is 8.17. The standard InChI is InChI=1S/C26H31N5O4S/c1-33-22-12-17(13-23(34-2)24(22)35-3)25(32)28-20-7-5-4-6-19(20)21-16-31-15-18(36-26(31)29-21)14-30-10-8-27-9-11-30/h4-7,12-13,15,21,27H,8-11,14,16H2,1-3H3,(H,28,32). The highest BCUT2D eigenvalue weighted by atomic mass is 32.2. The maximum Gasteiger partial charge on any atom is 0.255 e. The summed E-state index contributed by atoms with van der Waals surface area (Å²) >= 11 is 1.75. The minimum Gasteiger partial charge on any atom is -0.493 e. The van der Waals surface area contributed by atoms with E-state index in [0.717, 1.165) is 55.7 Å². The second-order valence-electron chi connectivity index (χ2n) is 8.76. The third-order valence-corrected chi connectivity index (χ3v) is 7.51. The molecule has 1 amide bonds. The smallest absolute Gasteiger partial charge is 0.255 e. The number of ether oxygens (including phenoxy) is 3. The summed E-state index contributed by atoms with van der Waals surface area (Å²) in [6.45, 7) is 5.96. The number of amidine groups is 1. The zero-order valence-electron chi connectivity index (χ0n) is 20.7. The number of nitrogens with one attached hydrogen (secondary N) is 2. The number of methoxy groups -OCH3 is 3. The van der Waals surface area contributed by atoms with E-state index in [4.69, 9.17) is 19.2 Å². The van der Waals surface area contributed by atoms with E-state index in [1.54, 1.807) is 23.9 Å². The summed E-state index contributed by atoms with van der Waals surface area (Å²) in [6, 6.07) is 11.1. The van der Waals surface area contributed by atoms with Gasteiger partial charge < -0.3 is 29.7 Å². The average Bonchev–Trinajstić information content (AvgIpc) is 3.47. The summed E-state index contributed by atoms with van der Waals surface area (Å²) in [6.07, 6.45) is 2.22. The molecule has 2 aromatic rings. The van der Waals surface area contributed by atoms with Gasteiger partial charge in [0.1, 0.15) is 0 Å². The van der Waals surface area contributed by atoms with Gasteiger partial charge in [-0.2, -0.15) is 0 Å². The van der Waals surface area contributed by atoms with E-state index in [9.17, 15) is 4.79 Å². The zero-order chi connectivity index (χ0) is 25.1. The summed E-state index contributed by atoms with van der Waals surface area (Å²) in [7, 11) is 4.59. The van der Waals surface area contributed by atoms with Crippen LogP contribution >= 0.6 is 11.8 Å². The van der Waals surface area contributed by atoms with Gasteiger partial charge in [0.15, 0.2) is 16.7 Å². The van der Waals surface area contributed by atoms with Crippen LogP contribution in [0.2, 0.25) is 0 Å². The molecule has 3 aliphatic rings. The molecule has 1 atom stereocenters. The van der Waals surface area contributed by atoms with Crippen LogP contribution in [0.4, 0.5) is 5.69 Å². The molecule has 0 aliphatic carbocycles. The quantitative estimate of drug-likeness (QED) is 0.561. The molecule has 190 valence electrons. The van der Waals surface area contributed by atoms with E-state index in [1.807, 2.05) is 24.3 Å². The second kappa shape index (κ2) is 10.8. The molecule has 1 unspecified atom stereocenters. The Labute approximate surface area is 215 Å². The molecule has 0 bridgehead atoms. The van der Waals surface area contributed by atoms with E-state index in [-0.39, 0.29) is 11.9 Å². The van der Waals surface area contributed by atoms with Crippen LogP contribution in [0, 0.1) is 0 Å². The third-order valence-electron chi connectivity index (χ3n) is 6.49. The number of hydrogen-bond acceptors (Lipinski definition) is 9. The number of anilines is 1. The Morgan fingerprint density at radius 2 is 1.83 bits per heavy atom. The van der Waals surface area contributed by atoms with Crippen molar-refractivity contribution in [3.63, 3.8) is 0 Å². The van der Waals surface area contributed by atoms with Crippen LogP contribution in [0.1, 0.15) is 22.0 Å². The molecule has 10 heteroatoms. The lowest BCUT2D eigenvalue weighted by Crippen LogP contribution is -2.43. The molecule has 2 N–H and O–H groups in total. The van der Waals surface area contributed by atoms with Gasteiger partial charge >= 0.3 is 0 Å². The Bertz CT molecular complexity index is 1170. The zero-order valence-corrected chi connectivity index (χ0v) is 21.6. The normalized spacial score (nSPS) is 19.4. The molecule has 0 radical (unpaired) electrons. The SMILES string of the molecule is COc1cc(C(=O)Nc2ccccc2C2CN3C=C(CN4CCNCC4)SC3=N2)cc(OC)c1OC. The first-order chi connectivity index (χ1) is 17.6. The van der Waals surface area contributed by atoms with Crippen molar-refractivity contribution in [2.75, 3.05) is 65.9 Å². The molecule has 3 aliphatic heterocycles. The molecule has 0 aromatic heterocycles. The Kier molecular flexibility index (Phi) is 7.35. The van der Waals surface area contributed by atoms with Crippen LogP contribution in [0.3, 0.4) is 0 Å². The number of thioether (sulfide) groups is 1. The Morgan fingerprint density at radius 1 is 1.11 bits per heavy atom. The highest BCUT2D eigenvalue weighted by Gasteiger charge is 2.32. The lowest BCUT2D eigenvalue weighted by molar-refractivity contribution is 0.102. The number of para-hydroxylation sites is 1. The minimum atomic E-state index is -0.263. The number of amides is 1. The number of carbonyl (C=O) groups excluding carboxylic acids is 1. The Morgan fingerprint density at radius 3 is 2.50 bits per heavy atom. The summed E-state index contributed by atoms with van der Waals surface area (Å²) in [5.74, 6) is 1.04. The van der Waals surface area contributed by atoms with Crippen LogP contribution in [0.5, 0.6) is 17.2 Å².